The van der Waals surface area contributed by atoms with Crippen molar-refractivity contribution in [2.75, 3.05) is 18.5 Å². The van der Waals surface area contributed by atoms with Crippen LogP contribution < -0.4 is 4.90 Å². The van der Waals surface area contributed by atoms with Crippen molar-refractivity contribution < 1.29 is 14.7 Å². The van der Waals surface area contributed by atoms with Crippen LogP contribution in [0.15, 0.2) is 24.3 Å². The molecule has 0 aromatic heterocycles. The van der Waals surface area contributed by atoms with Gasteiger partial charge in [-0.1, -0.05) is 19.1 Å². The van der Waals surface area contributed by atoms with Crippen LogP contribution >= 0.6 is 0 Å². The summed E-state index contributed by atoms with van der Waals surface area (Å²) in [6.45, 7) is 4.33. The number of aryl methyl sites for hydroxylation is 1. The lowest BCUT2D eigenvalue weighted by molar-refractivity contribution is -0.142. The number of anilines is 1. The smallest absolute Gasteiger partial charge is 0.326 e. The third-order valence-corrected chi connectivity index (χ3v) is 3.87. The summed E-state index contributed by atoms with van der Waals surface area (Å²) in [5.41, 5.74) is 1.84. The number of hydrogen-bond donors (Lipinski definition) is 1. The fourth-order valence-electron chi connectivity index (χ4n) is 2.68. The van der Waals surface area contributed by atoms with Gasteiger partial charge in [0.2, 0.25) is 0 Å². The summed E-state index contributed by atoms with van der Waals surface area (Å²) in [6.07, 6.45) is 0.727. The van der Waals surface area contributed by atoms with Gasteiger partial charge in [0.1, 0.15) is 6.04 Å². The van der Waals surface area contributed by atoms with Gasteiger partial charge in [-0.3, -0.25) is 4.90 Å². The van der Waals surface area contributed by atoms with Crippen LogP contribution in [0.5, 0.6) is 0 Å². The number of hydrogen-bond acceptors (Lipinski definition) is 2. The number of urea groups is 1. The Bertz CT molecular complexity index is 530. The van der Waals surface area contributed by atoms with E-state index >= 15 is 0 Å². The van der Waals surface area contributed by atoms with E-state index in [0.717, 1.165) is 17.7 Å². The Hall–Kier alpha value is -2.04. The molecule has 2 atom stereocenters. The maximum Gasteiger partial charge on any atom is 0.326 e. The number of carboxylic acids is 1. The van der Waals surface area contributed by atoms with Crippen LogP contribution in [0.2, 0.25) is 0 Å². The minimum absolute atomic E-state index is 0.0117. The fourth-order valence-corrected chi connectivity index (χ4v) is 2.68. The molecule has 1 fully saturated rings. The van der Waals surface area contributed by atoms with Crippen molar-refractivity contribution in [3.05, 3.63) is 29.8 Å². The lowest BCUT2D eigenvalue weighted by Gasteiger charge is -2.28. The van der Waals surface area contributed by atoms with Crippen LogP contribution in [0.3, 0.4) is 0 Å². The predicted molar refractivity (Wildman–Crippen MR) is 76.9 cm³/mol. The topological polar surface area (TPSA) is 60.9 Å². The first-order valence-electron chi connectivity index (χ1n) is 6.75. The molecule has 1 aliphatic heterocycles. The number of carbonyl (C=O) groups excluding carboxylic acids is 1. The number of nitrogens with zero attached hydrogens (tertiary/aromatic N) is 2. The van der Waals surface area contributed by atoms with Crippen LogP contribution in [-0.4, -0.2) is 41.6 Å². The number of benzene rings is 1. The second-order valence-electron chi connectivity index (χ2n) is 5.42. The van der Waals surface area contributed by atoms with Crippen LogP contribution in [0.25, 0.3) is 0 Å². The average molecular weight is 276 g/mol. The lowest BCUT2D eigenvalue weighted by atomic mass is 10.0. The van der Waals surface area contributed by atoms with Gasteiger partial charge in [0.25, 0.3) is 0 Å². The second kappa shape index (κ2) is 5.53. The van der Waals surface area contributed by atoms with Gasteiger partial charge in [-0.2, -0.15) is 0 Å². The molecule has 1 aromatic rings. The zero-order valence-electron chi connectivity index (χ0n) is 12.0. The summed E-state index contributed by atoms with van der Waals surface area (Å²) in [7, 11) is 1.68. The highest BCUT2D eigenvalue weighted by atomic mass is 16.4. The Morgan fingerprint density at radius 2 is 2.10 bits per heavy atom. The van der Waals surface area contributed by atoms with Crippen molar-refractivity contribution in [3.63, 3.8) is 0 Å². The van der Waals surface area contributed by atoms with Crippen LogP contribution in [0.4, 0.5) is 10.5 Å². The van der Waals surface area contributed by atoms with Gasteiger partial charge in [-0.25, -0.2) is 9.59 Å². The van der Waals surface area contributed by atoms with Gasteiger partial charge in [0.15, 0.2) is 0 Å². The van der Waals surface area contributed by atoms with Crippen molar-refractivity contribution in [2.24, 2.45) is 5.92 Å². The average Bonchev–Trinajstić information content (AvgIpc) is 2.79. The van der Waals surface area contributed by atoms with E-state index in [2.05, 4.69) is 0 Å². The van der Waals surface area contributed by atoms with E-state index in [1.54, 1.807) is 7.05 Å². The maximum absolute atomic E-state index is 12.5. The number of aliphatic carboxylic acids is 1. The van der Waals surface area contributed by atoms with Crippen molar-refractivity contribution in [1.29, 1.82) is 0 Å². The van der Waals surface area contributed by atoms with E-state index in [1.807, 2.05) is 38.1 Å². The molecule has 2 unspecified atom stereocenters. The zero-order valence-corrected chi connectivity index (χ0v) is 12.0. The molecule has 1 saturated heterocycles. The molecule has 1 heterocycles. The molecule has 1 aromatic carbocycles. The first-order chi connectivity index (χ1) is 9.41. The minimum atomic E-state index is -0.930. The SMILES string of the molecule is Cc1cccc(N(C)C(=O)N2CCC(C)C2C(=O)O)c1. The molecule has 0 aliphatic carbocycles. The van der Waals surface area contributed by atoms with E-state index in [1.165, 1.54) is 9.80 Å². The summed E-state index contributed by atoms with van der Waals surface area (Å²) in [6, 6.07) is 6.62. The van der Waals surface area contributed by atoms with Gasteiger partial charge in [-0.15, -0.1) is 0 Å². The Labute approximate surface area is 118 Å². The highest BCUT2D eigenvalue weighted by Gasteiger charge is 2.40. The second-order valence-corrected chi connectivity index (χ2v) is 5.42. The molecule has 1 N–H and O–H groups in total. The number of likely N-dealkylation sites (tertiary alicyclic amines) is 1. The Morgan fingerprint density at radius 1 is 1.40 bits per heavy atom. The molecule has 20 heavy (non-hydrogen) atoms. The fraction of sp³-hybridized carbons (Fsp3) is 0.467. The van der Waals surface area contributed by atoms with E-state index in [0.29, 0.717) is 6.54 Å². The Morgan fingerprint density at radius 3 is 2.70 bits per heavy atom. The van der Waals surface area contributed by atoms with Gasteiger partial charge in [0, 0.05) is 19.3 Å². The Balaban J connectivity index is 2.20. The summed E-state index contributed by atoms with van der Waals surface area (Å²) >= 11 is 0. The van der Waals surface area contributed by atoms with Gasteiger partial charge >= 0.3 is 12.0 Å². The molecule has 108 valence electrons. The number of carbonyl (C=O) groups is 2. The van der Waals surface area contributed by atoms with Crippen LogP contribution in [0, 0.1) is 12.8 Å². The van der Waals surface area contributed by atoms with Crippen molar-refractivity contribution in [3.8, 4) is 0 Å². The summed E-state index contributed by atoms with van der Waals surface area (Å²) in [4.78, 5) is 26.8. The van der Waals surface area contributed by atoms with Gasteiger partial charge in [0.05, 0.1) is 0 Å². The quantitative estimate of drug-likeness (QED) is 0.902. The van der Waals surface area contributed by atoms with E-state index in [4.69, 9.17) is 0 Å². The highest BCUT2D eigenvalue weighted by Crippen LogP contribution is 2.26. The largest absolute Gasteiger partial charge is 0.480 e. The molecular weight excluding hydrogens is 256 g/mol. The molecule has 0 saturated carbocycles. The number of amides is 2. The third-order valence-electron chi connectivity index (χ3n) is 3.87. The predicted octanol–water partition coefficient (Wildman–Crippen LogP) is 2.35. The van der Waals surface area contributed by atoms with Crippen molar-refractivity contribution in [2.45, 2.75) is 26.3 Å². The lowest BCUT2D eigenvalue weighted by Crippen LogP contribution is -2.48. The Kier molecular flexibility index (Phi) is 3.97. The molecule has 2 rings (SSSR count). The molecule has 5 nitrogen and oxygen atoms in total. The van der Waals surface area contributed by atoms with Gasteiger partial charge in [-0.05, 0) is 37.0 Å². The monoisotopic (exact) mass is 276 g/mol. The molecule has 2 amide bonds. The maximum atomic E-state index is 12.5. The third kappa shape index (κ3) is 2.61. The van der Waals surface area contributed by atoms with Crippen molar-refractivity contribution >= 4 is 17.7 Å². The normalized spacial score (nSPS) is 21.9. The van der Waals surface area contributed by atoms with Crippen molar-refractivity contribution in [1.82, 2.24) is 4.90 Å². The van der Waals surface area contributed by atoms with Gasteiger partial charge < -0.3 is 10.0 Å². The molecular formula is C15H20N2O3. The number of carboxylic acid groups (broad SMARTS) is 1. The van der Waals surface area contributed by atoms with E-state index < -0.39 is 12.0 Å². The molecule has 1 aliphatic rings. The zero-order chi connectivity index (χ0) is 14.9. The highest BCUT2D eigenvalue weighted by molar-refractivity contribution is 5.94. The minimum Gasteiger partial charge on any atom is -0.480 e. The standard InChI is InChI=1S/C15H20N2O3/c1-10-5-4-6-12(9-10)16(3)15(20)17-8-7-11(2)13(17)14(18)19/h4-6,9,11,13H,7-8H2,1-3H3,(H,18,19). The molecule has 0 spiro atoms. The first kappa shape index (κ1) is 14.4. The summed E-state index contributed by atoms with van der Waals surface area (Å²) < 4.78 is 0. The van der Waals surface area contributed by atoms with Crippen LogP contribution in [-0.2, 0) is 4.79 Å². The molecule has 5 heteroatoms. The van der Waals surface area contributed by atoms with Crippen LogP contribution in [0.1, 0.15) is 18.9 Å². The summed E-state index contributed by atoms with van der Waals surface area (Å²) in [5, 5.41) is 9.29. The summed E-state index contributed by atoms with van der Waals surface area (Å²) in [5.74, 6) is -0.941. The molecule has 0 bridgehead atoms. The van der Waals surface area contributed by atoms with E-state index in [9.17, 15) is 14.7 Å². The van der Waals surface area contributed by atoms with E-state index in [-0.39, 0.29) is 11.9 Å². The molecule has 0 radical (unpaired) electrons. The first-order valence-corrected chi connectivity index (χ1v) is 6.75. The number of rotatable bonds is 2.